The predicted molar refractivity (Wildman–Crippen MR) is 110 cm³/mol. The molecule has 0 saturated carbocycles. The Kier molecular flexibility index (Phi) is 6.28. The minimum Gasteiger partial charge on any atom is -0.484 e. The van der Waals surface area contributed by atoms with E-state index in [-0.39, 0.29) is 18.2 Å². The summed E-state index contributed by atoms with van der Waals surface area (Å²) in [7, 11) is 0. The van der Waals surface area contributed by atoms with Crippen LogP contribution < -0.4 is 15.6 Å². The highest BCUT2D eigenvalue weighted by Gasteiger charge is 2.18. The zero-order chi connectivity index (χ0) is 21.5. The summed E-state index contributed by atoms with van der Waals surface area (Å²) in [4.78, 5) is 33.7. The van der Waals surface area contributed by atoms with Crippen LogP contribution in [0.2, 0.25) is 0 Å². The second-order valence-electron chi connectivity index (χ2n) is 6.20. The summed E-state index contributed by atoms with van der Waals surface area (Å²) in [6, 6.07) is 12.7. The monoisotopic (exact) mass is 407 g/mol. The van der Waals surface area contributed by atoms with Gasteiger partial charge in [-0.2, -0.15) is 10.2 Å². The summed E-state index contributed by atoms with van der Waals surface area (Å²) < 4.78 is 5.39. The Hall–Kier alpha value is -4.34. The number of rotatable bonds is 7. The van der Waals surface area contributed by atoms with Gasteiger partial charge in [0.2, 0.25) is 0 Å². The van der Waals surface area contributed by atoms with Crippen LogP contribution in [-0.2, 0) is 9.59 Å². The van der Waals surface area contributed by atoms with Gasteiger partial charge in [-0.25, -0.2) is 10.9 Å². The van der Waals surface area contributed by atoms with Gasteiger partial charge in [-0.3, -0.25) is 19.7 Å². The lowest BCUT2D eigenvalue weighted by atomic mass is 10.1. The molecule has 2 N–H and O–H groups in total. The normalized spacial score (nSPS) is 14.5. The van der Waals surface area contributed by atoms with Gasteiger partial charge in [0.25, 0.3) is 17.5 Å². The second kappa shape index (κ2) is 9.24. The molecule has 1 aliphatic rings. The Bertz CT molecular complexity index is 1070. The number of ether oxygens (including phenoxy) is 1. The van der Waals surface area contributed by atoms with Gasteiger partial charge >= 0.3 is 0 Å². The molecule has 0 aliphatic carbocycles. The van der Waals surface area contributed by atoms with Crippen LogP contribution in [0.4, 0.5) is 5.69 Å². The molecule has 0 bridgehead atoms. The molecule has 2 aromatic carbocycles. The lowest BCUT2D eigenvalue weighted by molar-refractivity contribution is -0.384. The fourth-order valence-corrected chi connectivity index (χ4v) is 2.49. The maximum atomic E-state index is 11.8. The smallest absolute Gasteiger partial charge is 0.277 e. The fourth-order valence-electron chi connectivity index (χ4n) is 2.49. The van der Waals surface area contributed by atoms with E-state index in [9.17, 15) is 19.7 Å². The molecule has 0 fully saturated rings. The quantitative estimate of drug-likeness (QED) is 0.313. The summed E-state index contributed by atoms with van der Waals surface area (Å²) in [5, 5.41) is 18.4. The van der Waals surface area contributed by atoms with Crippen molar-refractivity contribution in [2.24, 2.45) is 10.2 Å². The number of hydrogen-bond donors (Lipinski definition) is 2. The van der Waals surface area contributed by atoms with Crippen LogP contribution >= 0.6 is 0 Å². The first-order valence-corrected chi connectivity index (χ1v) is 8.78. The largest absolute Gasteiger partial charge is 0.484 e. The minimum atomic E-state index is -0.511. The van der Waals surface area contributed by atoms with Gasteiger partial charge in [0.1, 0.15) is 5.75 Å². The summed E-state index contributed by atoms with van der Waals surface area (Å²) in [6.45, 7) is 1.47. The standard InChI is InChI=1S/C20H17N5O5/c1-13-18(20(27)24-22-13)10-14-5-7-17(8-6-14)30-12-19(26)23-21-11-15-3-2-4-16(9-15)25(28)29/h2-11H,12H2,1H3,(H,23,26)(H,24,27). The number of nitrogens with zero attached hydrogens (tertiary/aromatic N) is 3. The molecular formula is C20H17N5O5. The van der Waals surface area contributed by atoms with E-state index in [0.717, 1.165) is 5.56 Å². The van der Waals surface area contributed by atoms with Crippen molar-refractivity contribution in [2.45, 2.75) is 6.92 Å². The predicted octanol–water partition coefficient (Wildman–Crippen LogP) is 2.01. The maximum absolute atomic E-state index is 11.8. The van der Waals surface area contributed by atoms with Crippen LogP contribution in [0.15, 0.2) is 64.3 Å². The highest BCUT2D eigenvalue weighted by Crippen LogP contribution is 2.16. The van der Waals surface area contributed by atoms with Crippen molar-refractivity contribution in [3.63, 3.8) is 0 Å². The zero-order valence-electron chi connectivity index (χ0n) is 15.9. The van der Waals surface area contributed by atoms with Crippen molar-refractivity contribution < 1.29 is 19.2 Å². The van der Waals surface area contributed by atoms with Gasteiger partial charge in [0, 0.05) is 17.7 Å². The third-order valence-electron chi connectivity index (χ3n) is 4.00. The summed E-state index contributed by atoms with van der Waals surface area (Å²) in [6.07, 6.45) is 3.01. The number of hydrogen-bond acceptors (Lipinski definition) is 7. The van der Waals surface area contributed by atoms with Gasteiger partial charge in [0.15, 0.2) is 6.61 Å². The van der Waals surface area contributed by atoms with E-state index in [1.54, 1.807) is 43.3 Å². The molecule has 0 spiro atoms. The number of amides is 2. The number of nitrogens with one attached hydrogen (secondary N) is 2. The highest BCUT2D eigenvalue weighted by atomic mass is 16.6. The molecule has 2 amide bonds. The first kappa shape index (κ1) is 20.4. The number of carbonyl (C=O) groups is 2. The van der Waals surface area contributed by atoms with Gasteiger partial charge in [-0.15, -0.1) is 0 Å². The number of non-ortho nitro benzene ring substituents is 1. The zero-order valence-corrected chi connectivity index (χ0v) is 15.9. The van der Waals surface area contributed by atoms with Crippen LogP contribution in [-0.4, -0.2) is 35.3 Å². The van der Waals surface area contributed by atoms with Gasteiger partial charge in [-0.05, 0) is 30.7 Å². The SMILES string of the molecule is CC1=NNC(=O)C1=Cc1ccc(OCC(=O)NN=Cc2cccc([N+](=O)[O-])c2)cc1. The number of benzene rings is 2. The lowest BCUT2D eigenvalue weighted by Gasteiger charge is -2.05. The first-order chi connectivity index (χ1) is 14.4. The molecule has 10 heteroatoms. The molecule has 0 radical (unpaired) electrons. The van der Waals surface area contributed by atoms with E-state index >= 15 is 0 Å². The van der Waals surface area contributed by atoms with E-state index in [4.69, 9.17) is 4.74 Å². The van der Waals surface area contributed by atoms with Crippen LogP contribution in [0.25, 0.3) is 6.08 Å². The van der Waals surface area contributed by atoms with Crippen LogP contribution in [0.5, 0.6) is 5.75 Å². The molecule has 0 atom stereocenters. The van der Waals surface area contributed by atoms with Crippen molar-refractivity contribution >= 4 is 35.5 Å². The van der Waals surface area contributed by atoms with Crippen molar-refractivity contribution in [3.8, 4) is 5.75 Å². The van der Waals surface area contributed by atoms with Crippen LogP contribution in [0, 0.1) is 10.1 Å². The van der Waals surface area contributed by atoms with E-state index in [2.05, 4.69) is 21.1 Å². The number of nitro benzene ring substituents is 1. The minimum absolute atomic E-state index is 0.0660. The van der Waals surface area contributed by atoms with Gasteiger partial charge < -0.3 is 4.74 Å². The summed E-state index contributed by atoms with van der Waals surface area (Å²) in [5.41, 5.74) is 6.98. The molecule has 1 heterocycles. The highest BCUT2D eigenvalue weighted by molar-refractivity contribution is 6.26. The Balaban J connectivity index is 1.49. The van der Waals surface area contributed by atoms with Crippen molar-refractivity contribution in [2.75, 3.05) is 6.61 Å². The summed E-state index contributed by atoms with van der Waals surface area (Å²) >= 11 is 0. The Morgan fingerprint density at radius 3 is 2.70 bits per heavy atom. The molecule has 2 aromatic rings. The Morgan fingerprint density at radius 1 is 1.27 bits per heavy atom. The van der Waals surface area contributed by atoms with E-state index < -0.39 is 10.8 Å². The average Bonchev–Trinajstić information content (AvgIpc) is 3.05. The molecule has 152 valence electrons. The molecule has 1 aliphatic heterocycles. The molecule has 30 heavy (non-hydrogen) atoms. The van der Waals surface area contributed by atoms with Crippen molar-refractivity contribution in [3.05, 3.63) is 75.3 Å². The van der Waals surface area contributed by atoms with Crippen LogP contribution in [0.1, 0.15) is 18.1 Å². The van der Waals surface area contributed by atoms with Crippen molar-refractivity contribution in [1.29, 1.82) is 0 Å². The summed E-state index contributed by atoms with van der Waals surface area (Å²) in [5.74, 6) is -0.274. The van der Waals surface area contributed by atoms with E-state index in [1.807, 2.05) is 0 Å². The van der Waals surface area contributed by atoms with Crippen molar-refractivity contribution in [1.82, 2.24) is 10.9 Å². The maximum Gasteiger partial charge on any atom is 0.277 e. The molecule has 10 nitrogen and oxygen atoms in total. The Labute approximate surface area is 171 Å². The Morgan fingerprint density at radius 2 is 2.03 bits per heavy atom. The number of nitro groups is 1. The van der Waals surface area contributed by atoms with E-state index in [0.29, 0.717) is 22.6 Å². The third-order valence-corrected chi connectivity index (χ3v) is 4.00. The third kappa shape index (κ3) is 5.35. The van der Waals surface area contributed by atoms with E-state index in [1.165, 1.54) is 24.4 Å². The topological polar surface area (TPSA) is 135 Å². The average molecular weight is 407 g/mol. The lowest BCUT2D eigenvalue weighted by Crippen LogP contribution is -2.24. The molecular weight excluding hydrogens is 390 g/mol. The second-order valence-corrected chi connectivity index (χ2v) is 6.20. The molecule has 0 aromatic heterocycles. The van der Waals surface area contributed by atoms with Crippen LogP contribution in [0.3, 0.4) is 0 Å². The number of hydrazone groups is 2. The van der Waals surface area contributed by atoms with Gasteiger partial charge in [0.05, 0.1) is 22.4 Å². The molecule has 3 rings (SSSR count). The molecule has 0 saturated heterocycles. The fraction of sp³-hybridized carbons (Fsp3) is 0.100. The number of carbonyl (C=O) groups excluding carboxylic acids is 2. The molecule has 0 unspecified atom stereocenters. The first-order valence-electron chi connectivity index (χ1n) is 8.78. The van der Waals surface area contributed by atoms with Gasteiger partial charge in [-0.1, -0.05) is 24.3 Å².